The first-order valence-electron chi connectivity index (χ1n) is 4.08. The summed E-state index contributed by atoms with van der Waals surface area (Å²) in [6.07, 6.45) is 3.50. The zero-order chi connectivity index (χ0) is 7.56. The van der Waals surface area contributed by atoms with E-state index in [9.17, 15) is 0 Å². The van der Waals surface area contributed by atoms with Gasteiger partial charge in [-0.3, -0.25) is 0 Å². The van der Waals surface area contributed by atoms with Crippen LogP contribution in [0.2, 0.25) is 0 Å². The van der Waals surface area contributed by atoms with E-state index in [4.69, 9.17) is 5.11 Å². The van der Waals surface area contributed by atoms with Gasteiger partial charge in [0.25, 0.3) is 0 Å². The highest BCUT2D eigenvalue weighted by Gasteiger charge is 2.25. The van der Waals surface area contributed by atoms with Crippen LogP contribution in [0, 0.1) is 0 Å². The zero-order valence-corrected chi connectivity index (χ0v) is 6.88. The predicted octanol–water partition coefficient (Wildman–Crippen LogP) is 0.851. The van der Waals surface area contributed by atoms with E-state index >= 15 is 0 Å². The van der Waals surface area contributed by atoms with E-state index in [2.05, 4.69) is 18.9 Å². The van der Waals surface area contributed by atoms with Crippen molar-refractivity contribution in [2.24, 2.45) is 0 Å². The monoisotopic (exact) mass is 143 g/mol. The first-order valence-corrected chi connectivity index (χ1v) is 4.08. The maximum absolute atomic E-state index is 8.70. The lowest BCUT2D eigenvalue weighted by molar-refractivity contribution is 0.196. The Bertz CT molecular complexity index is 103. The molecule has 1 aliphatic heterocycles. The van der Waals surface area contributed by atoms with E-state index in [0.717, 1.165) is 12.5 Å². The van der Waals surface area contributed by atoms with E-state index in [1.807, 2.05) is 0 Å². The van der Waals surface area contributed by atoms with Crippen LogP contribution < -0.4 is 0 Å². The second-order valence-corrected chi connectivity index (χ2v) is 3.26. The lowest BCUT2D eigenvalue weighted by atomic mass is 10.1. The molecule has 60 valence electrons. The molecule has 1 fully saturated rings. The third-order valence-electron chi connectivity index (χ3n) is 2.65. The second-order valence-electron chi connectivity index (χ2n) is 3.26. The standard InChI is InChI=1S/C8H17NO/c1-7-3-4-8(5-6-10)9(7)2/h7-8,10H,3-6H2,1-2H3. The summed E-state index contributed by atoms with van der Waals surface area (Å²) >= 11 is 0. The van der Waals surface area contributed by atoms with Gasteiger partial charge in [-0.25, -0.2) is 0 Å². The average molecular weight is 143 g/mol. The third kappa shape index (κ3) is 1.50. The fourth-order valence-electron chi connectivity index (χ4n) is 1.70. The molecule has 0 spiro atoms. The van der Waals surface area contributed by atoms with Gasteiger partial charge in [0.2, 0.25) is 0 Å². The summed E-state index contributed by atoms with van der Waals surface area (Å²) in [7, 11) is 2.15. The van der Waals surface area contributed by atoms with Crippen molar-refractivity contribution in [3.8, 4) is 0 Å². The summed E-state index contributed by atoms with van der Waals surface area (Å²) in [6.45, 7) is 2.58. The number of hydrogen-bond acceptors (Lipinski definition) is 2. The Kier molecular flexibility index (Phi) is 2.69. The lowest BCUT2D eigenvalue weighted by Gasteiger charge is -2.22. The van der Waals surface area contributed by atoms with Gasteiger partial charge in [-0.1, -0.05) is 0 Å². The summed E-state index contributed by atoms with van der Waals surface area (Å²) in [5.74, 6) is 0. The van der Waals surface area contributed by atoms with Crippen molar-refractivity contribution in [3.63, 3.8) is 0 Å². The molecule has 0 saturated carbocycles. The van der Waals surface area contributed by atoms with Crippen molar-refractivity contribution in [2.45, 2.75) is 38.3 Å². The fourth-order valence-corrected chi connectivity index (χ4v) is 1.70. The van der Waals surface area contributed by atoms with E-state index in [0.29, 0.717) is 12.6 Å². The Morgan fingerprint density at radius 1 is 1.50 bits per heavy atom. The second kappa shape index (κ2) is 3.35. The molecule has 2 atom stereocenters. The topological polar surface area (TPSA) is 23.5 Å². The molecule has 2 unspecified atom stereocenters. The molecule has 1 saturated heterocycles. The molecule has 0 radical (unpaired) electrons. The molecule has 10 heavy (non-hydrogen) atoms. The molecular formula is C8H17NO. The summed E-state index contributed by atoms with van der Waals surface area (Å²) < 4.78 is 0. The van der Waals surface area contributed by atoms with Crippen molar-refractivity contribution in [1.82, 2.24) is 4.90 Å². The minimum absolute atomic E-state index is 0.335. The fraction of sp³-hybridized carbons (Fsp3) is 1.00. The molecule has 0 aromatic rings. The van der Waals surface area contributed by atoms with Gasteiger partial charge in [0.1, 0.15) is 0 Å². The van der Waals surface area contributed by atoms with Gasteiger partial charge in [0, 0.05) is 18.7 Å². The third-order valence-corrected chi connectivity index (χ3v) is 2.65. The van der Waals surface area contributed by atoms with Crippen molar-refractivity contribution in [3.05, 3.63) is 0 Å². The molecule has 2 heteroatoms. The number of rotatable bonds is 2. The van der Waals surface area contributed by atoms with Crippen LogP contribution in [0.5, 0.6) is 0 Å². The van der Waals surface area contributed by atoms with Crippen molar-refractivity contribution in [2.75, 3.05) is 13.7 Å². The molecule has 1 N–H and O–H groups in total. The predicted molar refractivity (Wildman–Crippen MR) is 41.9 cm³/mol. The molecule has 0 aromatic carbocycles. The van der Waals surface area contributed by atoms with Gasteiger partial charge >= 0.3 is 0 Å². The van der Waals surface area contributed by atoms with Crippen LogP contribution in [0.25, 0.3) is 0 Å². The van der Waals surface area contributed by atoms with Gasteiger partial charge in [-0.15, -0.1) is 0 Å². The highest BCUT2D eigenvalue weighted by Crippen LogP contribution is 2.23. The summed E-state index contributed by atoms with van der Waals surface area (Å²) in [6, 6.07) is 1.36. The molecule has 1 heterocycles. The Balaban J connectivity index is 2.33. The Hall–Kier alpha value is -0.0800. The van der Waals surface area contributed by atoms with Gasteiger partial charge in [-0.05, 0) is 33.2 Å². The van der Waals surface area contributed by atoms with Crippen molar-refractivity contribution < 1.29 is 5.11 Å². The molecule has 0 aliphatic carbocycles. The summed E-state index contributed by atoms with van der Waals surface area (Å²) in [5, 5.41) is 8.70. The maximum Gasteiger partial charge on any atom is 0.0445 e. The van der Waals surface area contributed by atoms with Crippen LogP contribution in [-0.2, 0) is 0 Å². The number of nitrogens with zero attached hydrogens (tertiary/aromatic N) is 1. The first kappa shape index (κ1) is 8.02. The maximum atomic E-state index is 8.70. The zero-order valence-electron chi connectivity index (χ0n) is 6.88. The highest BCUT2D eigenvalue weighted by molar-refractivity contribution is 4.81. The van der Waals surface area contributed by atoms with E-state index in [1.165, 1.54) is 12.8 Å². The lowest BCUT2D eigenvalue weighted by Crippen LogP contribution is -2.30. The number of hydrogen-bond donors (Lipinski definition) is 1. The number of aliphatic hydroxyl groups excluding tert-OH is 1. The van der Waals surface area contributed by atoms with Crippen molar-refractivity contribution >= 4 is 0 Å². The largest absolute Gasteiger partial charge is 0.396 e. The molecule has 1 rings (SSSR count). The smallest absolute Gasteiger partial charge is 0.0445 e. The molecule has 0 amide bonds. The molecule has 0 bridgehead atoms. The molecule has 1 aliphatic rings. The van der Waals surface area contributed by atoms with Gasteiger partial charge in [-0.2, -0.15) is 0 Å². The molecule has 2 nitrogen and oxygen atoms in total. The Morgan fingerprint density at radius 2 is 2.20 bits per heavy atom. The van der Waals surface area contributed by atoms with Crippen LogP contribution in [0.3, 0.4) is 0 Å². The van der Waals surface area contributed by atoms with Crippen LogP contribution >= 0.6 is 0 Å². The highest BCUT2D eigenvalue weighted by atomic mass is 16.3. The molecular weight excluding hydrogens is 126 g/mol. The quantitative estimate of drug-likeness (QED) is 0.619. The SMILES string of the molecule is CC1CCC(CCO)N1C. The Labute approximate surface area is 62.8 Å². The normalized spacial score (nSPS) is 35.1. The van der Waals surface area contributed by atoms with E-state index in [1.54, 1.807) is 0 Å². The molecule has 0 aromatic heterocycles. The minimum Gasteiger partial charge on any atom is -0.396 e. The number of aliphatic hydroxyl groups is 1. The minimum atomic E-state index is 0.335. The van der Waals surface area contributed by atoms with Gasteiger partial charge in [0.15, 0.2) is 0 Å². The first-order chi connectivity index (χ1) is 4.75. The number of likely N-dealkylation sites (tertiary alicyclic amines) is 1. The van der Waals surface area contributed by atoms with Crippen LogP contribution in [-0.4, -0.2) is 35.7 Å². The average Bonchev–Trinajstić information content (AvgIpc) is 2.20. The van der Waals surface area contributed by atoms with Crippen LogP contribution in [0.4, 0.5) is 0 Å². The van der Waals surface area contributed by atoms with E-state index < -0.39 is 0 Å². The van der Waals surface area contributed by atoms with Gasteiger partial charge < -0.3 is 10.0 Å². The van der Waals surface area contributed by atoms with Crippen LogP contribution in [0.15, 0.2) is 0 Å². The van der Waals surface area contributed by atoms with Crippen molar-refractivity contribution in [1.29, 1.82) is 0 Å². The summed E-state index contributed by atoms with van der Waals surface area (Å²) in [5.41, 5.74) is 0. The van der Waals surface area contributed by atoms with Crippen LogP contribution in [0.1, 0.15) is 26.2 Å². The van der Waals surface area contributed by atoms with Gasteiger partial charge in [0.05, 0.1) is 0 Å². The summed E-state index contributed by atoms with van der Waals surface area (Å²) in [4.78, 5) is 2.37. The Morgan fingerprint density at radius 3 is 2.60 bits per heavy atom. The van der Waals surface area contributed by atoms with E-state index in [-0.39, 0.29) is 0 Å².